The molecular formula is C12H13NO4. The van der Waals surface area contributed by atoms with E-state index in [0.717, 1.165) is 5.56 Å². The maximum Gasteiger partial charge on any atom is 0.307 e. The number of hydrogen-bond donors (Lipinski definition) is 1. The third kappa shape index (κ3) is 2.08. The zero-order valence-corrected chi connectivity index (χ0v) is 9.64. The van der Waals surface area contributed by atoms with E-state index in [4.69, 9.17) is 9.84 Å². The Morgan fingerprint density at radius 1 is 1.53 bits per heavy atom. The van der Waals surface area contributed by atoms with Gasteiger partial charge < -0.3 is 14.7 Å². The van der Waals surface area contributed by atoms with Crippen LogP contribution in [0.5, 0.6) is 5.75 Å². The van der Waals surface area contributed by atoms with Crippen molar-refractivity contribution in [2.45, 2.75) is 19.4 Å². The predicted molar refractivity (Wildman–Crippen MR) is 61.3 cm³/mol. The van der Waals surface area contributed by atoms with Gasteiger partial charge in [-0.3, -0.25) is 9.59 Å². The van der Waals surface area contributed by atoms with Gasteiger partial charge in [-0.25, -0.2) is 0 Å². The van der Waals surface area contributed by atoms with Gasteiger partial charge in [0.05, 0.1) is 12.1 Å². The van der Waals surface area contributed by atoms with Crippen LogP contribution in [0.25, 0.3) is 0 Å². The number of nitrogens with zero attached hydrogens (tertiary/aromatic N) is 1. The summed E-state index contributed by atoms with van der Waals surface area (Å²) in [5.41, 5.74) is 1.67. The molecule has 0 spiro atoms. The van der Waals surface area contributed by atoms with Crippen molar-refractivity contribution in [3.63, 3.8) is 0 Å². The normalized spacial score (nSPS) is 18.6. The second-order valence-electron chi connectivity index (χ2n) is 4.07. The summed E-state index contributed by atoms with van der Waals surface area (Å²) in [5.74, 6) is -0.824. The number of hydrogen-bond acceptors (Lipinski definition) is 3. The molecule has 1 aliphatic rings. The monoisotopic (exact) mass is 235 g/mol. The van der Waals surface area contributed by atoms with Crippen LogP contribution in [-0.2, 0) is 9.59 Å². The average Bonchev–Trinajstić information content (AvgIpc) is 2.24. The number of benzene rings is 1. The molecule has 1 amide bonds. The number of fused-ring (bicyclic) bond motifs is 1. The smallest absolute Gasteiger partial charge is 0.307 e. The summed E-state index contributed by atoms with van der Waals surface area (Å²) in [6, 6.07) is 5.47. The van der Waals surface area contributed by atoms with E-state index in [1.54, 1.807) is 19.2 Å². The van der Waals surface area contributed by atoms with Crippen molar-refractivity contribution >= 4 is 17.6 Å². The number of rotatable bonds is 2. The Bertz CT molecular complexity index is 483. The molecule has 0 fully saturated rings. The number of likely N-dealkylation sites (N-methyl/N-ethyl adjacent to an activating group) is 1. The highest BCUT2D eigenvalue weighted by Gasteiger charge is 2.33. The molecule has 17 heavy (non-hydrogen) atoms. The van der Waals surface area contributed by atoms with Crippen molar-refractivity contribution in [3.8, 4) is 5.75 Å². The lowest BCUT2D eigenvalue weighted by Crippen LogP contribution is -2.44. The molecule has 5 heteroatoms. The molecular weight excluding hydrogens is 222 g/mol. The van der Waals surface area contributed by atoms with E-state index in [2.05, 4.69) is 0 Å². The molecule has 1 aromatic rings. The van der Waals surface area contributed by atoms with E-state index >= 15 is 0 Å². The summed E-state index contributed by atoms with van der Waals surface area (Å²) in [5, 5.41) is 8.72. The molecule has 1 heterocycles. The van der Waals surface area contributed by atoms with E-state index < -0.39 is 12.1 Å². The van der Waals surface area contributed by atoms with E-state index in [1.807, 2.05) is 13.0 Å². The Balaban J connectivity index is 2.36. The number of carbonyl (C=O) groups is 2. The fourth-order valence-corrected chi connectivity index (χ4v) is 1.82. The fourth-order valence-electron chi connectivity index (χ4n) is 1.82. The average molecular weight is 235 g/mol. The van der Waals surface area contributed by atoms with Crippen LogP contribution < -0.4 is 9.64 Å². The Hall–Kier alpha value is -2.04. The predicted octanol–water partition coefficient (Wildman–Crippen LogP) is 1.19. The van der Waals surface area contributed by atoms with Gasteiger partial charge in [-0.1, -0.05) is 6.07 Å². The lowest BCUT2D eigenvalue weighted by Gasteiger charge is -2.31. The van der Waals surface area contributed by atoms with Gasteiger partial charge in [-0.15, -0.1) is 0 Å². The van der Waals surface area contributed by atoms with Gasteiger partial charge in [0.2, 0.25) is 0 Å². The fraction of sp³-hybridized carbons (Fsp3) is 0.333. The Labute approximate surface area is 98.6 Å². The molecule has 1 aromatic carbocycles. The number of anilines is 1. The SMILES string of the molecule is Cc1ccc2c(c1)OC(CC(=O)O)C(=O)N2C. The van der Waals surface area contributed by atoms with Crippen molar-refractivity contribution in [1.29, 1.82) is 0 Å². The zero-order chi connectivity index (χ0) is 12.6. The Morgan fingerprint density at radius 3 is 2.88 bits per heavy atom. The van der Waals surface area contributed by atoms with Crippen molar-refractivity contribution in [3.05, 3.63) is 23.8 Å². The van der Waals surface area contributed by atoms with E-state index in [9.17, 15) is 9.59 Å². The number of amides is 1. The second-order valence-corrected chi connectivity index (χ2v) is 4.07. The van der Waals surface area contributed by atoms with Gasteiger partial charge in [-0.2, -0.15) is 0 Å². The molecule has 0 radical (unpaired) electrons. The molecule has 0 saturated carbocycles. The van der Waals surface area contributed by atoms with E-state index in [1.165, 1.54) is 4.90 Å². The van der Waals surface area contributed by atoms with Gasteiger partial charge in [0, 0.05) is 7.05 Å². The highest BCUT2D eigenvalue weighted by molar-refractivity contribution is 6.01. The summed E-state index contributed by atoms with van der Waals surface area (Å²) in [4.78, 5) is 23.9. The highest BCUT2D eigenvalue weighted by atomic mass is 16.5. The lowest BCUT2D eigenvalue weighted by atomic mass is 10.1. The van der Waals surface area contributed by atoms with Crippen molar-refractivity contribution < 1.29 is 19.4 Å². The van der Waals surface area contributed by atoms with E-state index in [0.29, 0.717) is 11.4 Å². The van der Waals surface area contributed by atoms with Gasteiger partial charge in [0.25, 0.3) is 5.91 Å². The van der Waals surface area contributed by atoms with Crippen molar-refractivity contribution in [2.24, 2.45) is 0 Å². The largest absolute Gasteiger partial charge is 0.481 e. The van der Waals surface area contributed by atoms with Crippen LogP contribution in [0.1, 0.15) is 12.0 Å². The number of aryl methyl sites for hydroxylation is 1. The molecule has 1 aliphatic heterocycles. The molecule has 0 bridgehead atoms. The third-order valence-electron chi connectivity index (χ3n) is 2.71. The van der Waals surface area contributed by atoms with Crippen LogP contribution in [0, 0.1) is 6.92 Å². The standard InChI is InChI=1S/C12H13NO4/c1-7-3-4-8-9(5-7)17-10(6-11(14)15)12(16)13(8)2/h3-5,10H,6H2,1-2H3,(H,14,15). The molecule has 1 atom stereocenters. The topological polar surface area (TPSA) is 66.8 Å². The van der Waals surface area contributed by atoms with Crippen LogP contribution >= 0.6 is 0 Å². The zero-order valence-electron chi connectivity index (χ0n) is 9.64. The number of ether oxygens (including phenoxy) is 1. The van der Waals surface area contributed by atoms with Crippen LogP contribution in [0.4, 0.5) is 5.69 Å². The molecule has 90 valence electrons. The number of carboxylic acids is 1. The summed E-state index contributed by atoms with van der Waals surface area (Å²) in [7, 11) is 1.62. The first-order chi connectivity index (χ1) is 7.99. The quantitative estimate of drug-likeness (QED) is 0.836. The van der Waals surface area contributed by atoms with Crippen molar-refractivity contribution in [1.82, 2.24) is 0 Å². The van der Waals surface area contributed by atoms with E-state index in [-0.39, 0.29) is 12.3 Å². The van der Waals surface area contributed by atoms with Crippen LogP contribution in [0.2, 0.25) is 0 Å². The molecule has 1 N–H and O–H groups in total. The molecule has 5 nitrogen and oxygen atoms in total. The third-order valence-corrected chi connectivity index (χ3v) is 2.71. The Morgan fingerprint density at radius 2 is 2.24 bits per heavy atom. The summed E-state index contributed by atoms with van der Waals surface area (Å²) >= 11 is 0. The maximum atomic E-state index is 11.8. The molecule has 2 rings (SSSR count). The van der Waals surface area contributed by atoms with Gasteiger partial charge in [0.1, 0.15) is 5.75 Å². The molecule has 0 aliphatic carbocycles. The molecule has 0 saturated heterocycles. The summed E-state index contributed by atoms with van der Waals surface area (Å²) in [6.07, 6.45) is -1.26. The number of carbonyl (C=O) groups excluding carboxylic acids is 1. The highest BCUT2D eigenvalue weighted by Crippen LogP contribution is 2.34. The Kier molecular flexibility index (Phi) is 2.75. The lowest BCUT2D eigenvalue weighted by molar-refractivity contribution is -0.142. The van der Waals surface area contributed by atoms with Crippen LogP contribution in [-0.4, -0.2) is 30.1 Å². The number of aliphatic carboxylic acids is 1. The minimum Gasteiger partial charge on any atom is -0.481 e. The summed E-state index contributed by atoms with van der Waals surface area (Å²) in [6.45, 7) is 1.91. The summed E-state index contributed by atoms with van der Waals surface area (Å²) < 4.78 is 5.43. The number of carboxylic acid groups (broad SMARTS) is 1. The molecule has 0 aromatic heterocycles. The second kappa shape index (κ2) is 4.08. The van der Waals surface area contributed by atoms with Gasteiger partial charge >= 0.3 is 5.97 Å². The molecule has 1 unspecified atom stereocenters. The van der Waals surface area contributed by atoms with Crippen LogP contribution in [0.15, 0.2) is 18.2 Å². The van der Waals surface area contributed by atoms with Gasteiger partial charge in [0.15, 0.2) is 6.10 Å². The van der Waals surface area contributed by atoms with Gasteiger partial charge in [-0.05, 0) is 24.6 Å². The first kappa shape index (κ1) is 11.4. The van der Waals surface area contributed by atoms with Crippen LogP contribution in [0.3, 0.4) is 0 Å². The minimum atomic E-state index is -1.05. The van der Waals surface area contributed by atoms with Crippen molar-refractivity contribution in [2.75, 3.05) is 11.9 Å². The minimum absolute atomic E-state index is 0.323. The first-order valence-electron chi connectivity index (χ1n) is 5.25. The maximum absolute atomic E-state index is 11.8. The first-order valence-corrected chi connectivity index (χ1v) is 5.25.